The van der Waals surface area contributed by atoms with Crippen molar-refractivity contribution in [2.24, 2.45) is 0 Å². The van der Waals surface area contributed by atoms with Crippen LogP contribution in [0.5, 0.6) is 0 Å². The molecular weight excluding hydrogens is 464 g/mol. The minimum Gasteiger partial charge on any atom is -0.318 e. The van der Waals surface area contributed by atoms with Gasteiger partial charge in [0.05, 0.1) is 11.4 Å². The standard InChI is InChI=1S/C22H21ClN6O3S/c1-3-22(15-7-5-4-6-8-15)19(31)29(20(32)25-22)27-18(30)12-33-21-26-24-13-28(21)16-10-9-14(2)17(23)11-16/h4-11,13H,3,12H2,1-2H3,(H,25,32)(H,27,30). The molecule has 1 aliphatic rings. The maximum absolute atomic E-state index is 13.1. The molecule has 1 saturated heterocycles. The Bertz CT molecular complexity index is 1220. The number of thioether (sulfide) groups is 1. The Hall–Kier alpha value is -3.37. The Labute approximate surface area is 199 Å². The van der Waals surface area contributed by atoms with Crippen LogP contribution in [0.15, 0.2) is 60.0 Å². The summed E-state index contributed by atoms with van der Waals surface area (Å²) in [6.07, 6.45) is 1.86. The van der Waals surface area contributed by atoms with E-state index in [1.807, 2.05) is 25.1 Å². The summed E-state index contributed by atoms with van der Waals surface area (Å²) >= 11 is 7.33. The van der Waals surface area contributed by atoms with Gasteiger partial charge >= 0.3 is 6.03 Å². The summed E-state index contributed by atoms with van der Waals surface area (Å²) in [5.41, 5.74) is 3.54. The van der Waals surface area contributed by atoms with Gasteiger partial charge in [0.1, 0.15) is 11.9 Å². The van der Waals surface area contributed by atoms with Gasteiger partial charge in [-0.3, -0.25) is 19.6 Å². The summed E-state index contributed by atoms with van der Waals surface area (Å²) in [6.45, 7) is 3.70. The smallest absolute Gasteiger partial charge is 0.318 e. The van der Waals surface area contributed by atoms with E-state index in [9.17, 15) is 14.4 Å². The SMILES string of the molecule is CCC1(c2ccccc2)NC(=O)N(NC(=O)CSc2nncn2-c2ccc(C)c(Cl)c2)C1=O. The van der Waals surface area contributed by atoms with E-state index in [4.69, 9.17) is 11.6 Å². The average Bonchev–Trinajstić information content (AvgIpc) is 3.38. The first kappa shape index (κ1) is 22.8. The van der Waals surface area contributed by atoms with Crippen LogP contribution in [0.4, 0.5) is 4.79 Å². The molecule has 1 unspecified atom stereocenters. The maximum atomic E-state index is 13.1. The lowest BCUT2D eigenvalue weighted by molar-refractivity contribution is -0.138. The second-order valence-electron chi connectivity index (χ2n) is 7.44. The Morgan fingerprint density at radius 2 is 1.97 bits per heavy atom. The monoisotopic (exact) mass is 484 g/mol. The zero-order valence-electron chi connectivity index (χ0n) is 17.9. The summed E-state index contributed by atoms with van der Waals surface area (Å²) in [5, 5.41) is 12.5. The minimum absolute atomic E-state index is 0.0835. The predicted octanol–water partition coefficient (Wildman–Crippen LogP) is 3.21. The van der Waals surface area contributed by atoms with E-state index in [1.54, 1.807) is 41.8 Å². The molecule has 0 saturated carbocycles. The summed E-state index contributed by atoms with van der Waals surface area (Å²) in [7, 11) is 0. The van der Waals surface area contributed by atoms with Gasteiger partial charge in [0, 0.05) is 5.02 Å². The number of amides is 4. The molecule has 1 fully saturated rings. The molecule has 4 rings (SSSR count). The molecule has 0 spiro atoms. The first-order valence-corrected chi connectivity index (χ1v) is 11.5. The van der Waals surface area contributed by atoms with E-state index in [2.05, 4.69) is 20.9 Å². The van der Waals surface area contributed by atoms with Crippen LogP contribution in [-0.4, -0.2) is 43.4 Å². The van der Waals surface area contributed by atoms with Crippen molar-refractivity contribution in [3.05, 3.63) is 71.0 Å². The third-order valence-electron chi connectivity index (χ3n) is 5.41. The first-order chi connectivity index (χ1) is 15.9. The number of hydrogen-bond donors (Lipinski definition) is 2. The lowest BCUT2D eigenvalue weighted by Gasteiger charge is -2.25. The van der Waals surface area contributed by atoms with Crippen molar-refractivity contribution in [1.29, 1.82) is 0 Å². The molecule has 1 aromatic heterocycles. The van der Waals surface area contributed by atoms with Crippen LogP contribution in [0.25, 0.3) is 5.69 Å². The van der Waals surface area contributed by atoms with Crippen LogP contribution in [-0.2, 0) is 15.1 Å². The third kappa shape index (κ3) is 4.31. The predicted molar refractivity (Wildman–Crippen MR) is 124 cm³/mol. The lowest BCUT2D eigenvalue weighted by Crippen LogP contribution is -2.49. The second-order valence-corrected chi connectivity index (χ2v) is 8.79. The van der Waals surface area contributed by atoms with Gasteiger partial charge in [-0.15, -0.1) is 10.2 Å². The van der Waals surface area contributed by atoms with Crippen LogP contribution < -0.4 is 10.7 Å². The number of halogens is 1. The number of hydrogen-bond acceptors (Lipinski definition) is 6. The number of aromatic nitrogens is 3. The molecule has 33 heavy (non-hydrogen) atoms. The number of imide groups is 1. The zero-order valence-corrected chi connectivity index (χ0v) is 19.5. The second kappa shape index (κ2) is 9.24. The van der Waals surface area contributed by atoms with Crippen LogP contribution in [0, 0.1) is 6.92 Å². The van der Waals surface area contributed by atoms with Crippen molar-refractivity contribution in [3.63, 3.8) is 0 Å². The molecule has 3 aromatic rings. The number of carbonyl (C=O) groups is 3. The van der Waals surface area contributed by atoms with E-state index in [1.165, 1.54) is 6.33 Å². The number of nitrogens with one attached hydrogen (secondary N) is 2. The fourth-order valence-corrected chi connectivity index (χ4v) is 4.45. The highest BCUT2D eigenvalue weighted by atomic mass is 35.5. The van der Waals surface area contributed by atoms with E-state index in [0.717, 1.165) is 28.0 Å². The van der Waals surface area contributed by atoms with Gasteiger partial charge in [-0.1, -0.05) is 66.7 Å². The molecule has 1 atom stereocenters. The zero-order chi connectivity index (χ0) is 23.6. The van der Waals surface area contributed by atoms with Gasteiger partial charge in [0.2, 0.25) is 5.91 Å². The molecule has 170 valence electrons. The van der Waals surface area contributed by atoms with Gasteiger partial charge in [0.25, 0.3) is 5.91 Å². The van der Waals surface area contributed by atoms with Gasteiger partial charge in [0.15, 0.2) is 5.16 Å². The van der Waals surface area contributed by atoms with Gasteiger partial charge in [-0.05, 0) is 36.6 Å². The fraction of sp³-hybridized carbons (Fsp3) is 0.227. The van der Waals surface area contributed by atoms with Gasteiger partial charge in [-0.25, -0.2) is 4.79 Å². The number of benzene rings is 2. The summed E-state index contributed by atoms with van der Waals surface area (Å²) in [4.78, 5) is 38.2. The Balaban J connectivity index is 1.44. The summed E-state index contributed by atoms with van der Waals surface area (Å²) in [5.74, 6) is -1.14. The van der Waals surface area contributed by atoms with Crippen LogP contribution in [0.3, 0.4) is 0 Å². The molecule has 1 aliphatic heterocycles. The number of rotatable bonds is 7. The van der Waals surface area contributed by atoms with E-state index in [-0.39, 0.29) is 5.75 Å². The van der Waals surface area contributed by atoms with Crippen LogP contribution in [0.1, 0.15) is 24.5 Å². The van der Waals surface area contributed by atoms with E-state index >= 15 is 0 Å². The molecule has 9 nitrogen and oxygen atoms in total. The van der Waals surface area contributed by atoms with Crippen molar-refractivity contribution >= 4 is 41.2 Å². The fourth-order valence-electron chi connectivity index (χ4n) is 3.56. The highest BCUT2D eigenvalue weighted by Crippen LogP contribution is 2.31. The average molecular weight is 485 g/mol. The molecule has 2 heterocycles. The molecule has 0 radical (unpaired) electrons. The number of nitrogens with zero attached hydrogens (tertiary/aromatic N) is 4. The number of aryl methyl sites for hydroxylation is 1. The normalized spacial score (nSPS) is 17.8. The molecule has 2 aromatic carbocycles. The highest BCUT2D eigenvalue weighted by molar-refractivity contribution is 7.99. The molecule has 4 amide bonds. The highest BCUT2D eigenvalue weighted by Gasteiger charge is 2.52. The van der Waals surface area contributed by atoms with Crippen molar-refractivity contribution in [2.45, 2.75) is 31.0 Å². The summed E-state index contributed by atoms with van der Waals surface area (Å²) < 4.78 is 1.70. The molecular formula is C22H21ClN6O3S. The molecule has 11 heteroatoms. The Morgan fingerprint density at radius 1 is 1.21 bits per heavy atom. The van der Waals surface area contributed by atoms with Gasteiger partial charge in [-0.2, -0.15) is 5.01 Å². The molecule has 2 N–H and O–H groups in total. The Morgan fingerprint density at radius 3 is 2.67 bits per heavy atom. The van der Waals surface area contributed by atoms with Crippen molar-refractivity contribution < 1.29 is 14.4 Å². The topological polar surface area (TPSA) is 109 Å². The van der Waals surface area contributed by atoms with Crippen LogP contribution >= 0.6 is 23.4 Å². The number of urea groups is 1. The summed E-state index contributed by atoms with van der Waals surface area (Å²) in [6, 6.07) is 13.8. The maximum Gasteiger partial charge on any atom is 0.344 e. The number of hydrazine groups is 1. The molecule has 0 aliphatic carbocycles. The molecule has 0 bridgehead atoms. The lowest BCUT2D eigenvalue weighted by atomic mass is 9.87. The quantitative estimate of drug-likeness (QED) is 0.393. The van der Waals surface area contributed by atoms with E-state index in [0.29, 0.717) is 22.2 Å². The Kier molecular flexibility index (Phi) is 6.39. The van der Waals surface area contributed by atoms with Gasteiger partial charge < -0.3 is 5.32 Å². The largest absolute Gasteiger partial charge is 0.344 e. The number of carbonyl (C=O) groups excluding carboxylic acids is 3. The van der Waals surface area contributed by atoms with E-state index < -0.39 is 23.4 Å². The van der Waals surface area contributed by atoms with Crippen molar-refractivity contribution in [1.82, 2.24) is 30.5 Å². The van der Waals surface area contributed by atoms with Crippen LogP contribution in [0.2, 0.25) is 5.02 Å². The third-order valence-corrected chi connectivity index (χ3v) is 6.76. The van der Waals surface area contributed by atoms with Crippen molar-refractivity contribution in [3.8, 4) is 5.69 Å². The first-order valence-electron chi connectivity index (χ1n) is 10.2. The minimum atomic E-state index is -1.22. The van der Waals surface area contributed by atoms with Crippen molar-refractivity contribution in [2.75, 3.05) is 5.75 Å².